The van der Waals surface area contributed by atoms with Gasteiger partial charge in [-0.3, -0.25) is 4.90 Å². The van der Waals surface area contributed by atoms with E-state index in [1.165, 1.54) is 0 Å². The molecular weight excluding hydrogens is 252 g/mol. The van der Waals surface area contributed by atoms with Crippen LogP contribution in [0.4, 0.5) is 0 Å². The highest BCUT2D eigenvalue weighted by atomic mass is 16.3. The Morgan fingerprint density at radius 2 is 1.75 bits per heavy atom. The highest BCUT2D eigenvalue weighted by Gasteiger charge is 2.26. The largest absolute Gasteiger partial charge is 0.465 e. The molecule has 2 unspecified atom stereocenters. The summed E-state index contributed by atoms with van der Waals surface area (Å²) in [6.07, 6.45) is 0.895. The summed E-state index contributed by atoms with van der Waals surface area (Å²) >= 11 is 0. The fourth-order valence-corrected chi connectivity index (χ4v) is 2.50. The number of nitrogens with zero attached hydrogens (tertiary/aromatic N) is 1. The molecule has 0 fully saturated rings. The first-order valence-corrected chi connectivity index (χ1v) is 7.08. The van der Waals surface area contributed by atoms with Gasteiger partial charge in [-0.25, -0.2) is 0 Å². The normalized spacial score (nSPS) is 14.7. The van der Waals surface area contributed by atoms with Gasteiger partial charge >= 0.3 is 0 Å². The fourth-order valence-electron chi connectivity index (χ4n) is 2.50. The highest BCUT2D eigenvalue weighted by molar-refractivity contribution is 5.13. The van der Waals surface area contributed by atoms with Crippen molar-refractivity contribution < 1.29 is 8.83 Å². The Kier molecular flexibility index (Phi) is 4.68. The van der Waals surface area contributed by atoms with Crippen LogP contribution in [0.25, 0.3) is 0 Å². The molecule has 4 heteroatoms. The Labute approximate surface area is 120 Å². The molecule has 0 aliphatic rings. The average molecular weight is 276 g/mol. The fraction of sp³-hybridized carbons (Fsp3) is 0.500. The lowest BCUT2D eigenvalue weighted by Gasteiger charge is -2.30. The molecule has 20 heavy (non-hydrogen) atoms. The van der Waals surface area contributed by atoms with Crippen LogP contribution in [-0.2, 0) is 6.54 Å². The van der Waals surface area contributed by atoms with E-state index in [0.717, 1.165) is 29.5 Å². The van der Waals surface area contributed by atoms with Gasteiger partial charge in [0.15, 0.2) is 0 Å². The first-order chi connectivity index (χ1) is 9.51. The first kappa shape index (κ1) is 14.9. The van der Waals surface area contributed by atoms with Crippen LogP contribution in [0, 0.1) is 13.8 Å². The molecule has 0 aliphatic heterocycles. The van der Waals surface area contributed by atoms with E-state index in [9.17, 15) is 0 Å². The van der Waals surface area contributed by atoms with E-state index in [1.54, 1.807) is 0 Å². The van der Waals surface area contributed by atoms with E-state index in [0.29, 0.717) is 6.54 Å². The van der Waals surface area contributed by atoms with Crippen molar-refractivity contribution in [2.75, 3.05) is 7.05 Å². The molecule has 2 heterocycles. The molecule has 0 saturated carbocycles. The smallest absolute Gasteiger partial charge is 0.122 e. The molecule has 2 atom stereocenters. The SMILES string of the molecule is CCC(N)C(c1ccc(C)o1)N(C)Cc1ccc(C)o1. The van der Waals surface area contributed by atoms with E-state index < -0.39 is 0 Å². The maximum atomic E-state index is 6.29. The maximum absolute atomic E-state index is 6.29. The third kappa shape index (κ3) is 3.32. The van der Waals surface area contributed by atoms with Crippen LogP contribution < -0.4 is 5.73 Å². The van der Waals surface area contributed by atoms with Crippen molar-refractivity contribution in [3.05, 3.63) is 47.3 Å². The molecule has 4 nitrogen and oxygen atoms in total. The van der Waals surface area contributed by atoms with Crippen LogP contribution in [0.5, 0.6) is 0 Å². The second-order valence-electron chi connectivity index (χ2n) is 5.39. The number of nitrogens with two attached hydrogens (primary N) is 1. The van der Waals surface area contributed by atoms with Crippen LogP contribution in [0.1, 0.15) is 42.4 Å². The van der Waals surface area contributed by atoms with Crippen LogP contribution in [-0.4, -0.2) is 18.0 Å². The van der Waals surface area contributed by atoms with Crippen molar-refractivity contribution in [1.29, 1.82) is 0 Å². The molecule has 2 rings (SSSR count). The zero-order valence-electron chi connectivity index (χ0n) is 12.7. The Balaban J connectivity index is 2.17. The average Bonchev–Trinajstić information content (AvgIpc) is 2.99. The number of hydrogen-bond donors (Lipinski definition) is 1. The number of aryl methyl sites for hydroxylation is 2. The molecular formula is C16H24N2O2. The highest BCUT2D eigenvalue weighted by Crippen LogP contribution is 2.27. The van der Waals surface area contributed by atoms with Gasteiger partial charge in [-0.1, -0.05) is 6.92 Å². The summed E-state index contributed by atoms with van der Waals surface area (Å²) in [4.78, 5) is 2.19. The predicted molar refractivity (Wildman–Crippen MR) is 79.4 cm³/mol. The zero-order chi connectivity index (χ0) is 14.7. The van der Waals surface area contributed by atoms with E-state index in [2.05, 4.69) is 18.9 Å². The van der Waals surface area contributed by atoms with E-state index >= 15 is 0 Å². The number of furan rings is 2. The Hall–Kier alpha value is -1.52. The van der Waals surface area contributed by atoms with Gasteiger partial charge < -0.3 is 14.6 Å². The van der Waals surface area contributed by atoms with Crippen LogP contribution in [0.15, 0.2) is 33.1 Å². The predicted octanol–water partition coefficient (Wildman–Crippen LogP) is 3.40. The lowest BCUT2D eigenvalue weighted by Crippen LogP contribution is -2.38. The van der Waals surface area contributed by atoms with E-state index in [-0.39, 0.29) is 12.1 Å². The Morgan fingerprint density at radius 3 is 2.25 bits per heavy atom. The molecule has 0 aliphatic carbocycles. The molecule has 0 amide bonds. The van der Waals surface area contributed by atoms with Crippen molar-refractivity contribution in [2.24, 2.45) is 5.73 Å². The van der Waals surface area contributed by atoms with Gasteiger partial charge in [-0.15, -0.1) is 0 Å². The van der Waals surface area contributed by atoms with Gasteiger partial charge in [0.25, 0.3) is 0 Å². The van der Waals surface area contributed by atoms with Crippen LogP contribution in [0.2, 0.25) is 0 Å². The van der Waals surface area contributed by atoms with Crippen molar-refractivity contribution in [3.8, 4) is 0 Å². The molecule has 0 aromatic carbocycles. The molecule has 0 radical (unpaired) electrons. The number of likely N-dealkylation sites (N-methyl/N-ethyl adjacent to an activating group) is 1. The van der Waals surface area contributed by atoms with Crippen LogP contribution in [0.3, 0.4) is 0 Å². The summed E-state index contributed by atoms with van der Waals surface area (Å²) in [6, 6.07) is 8.07. The lowest BCUT2D eigenvalue weighted by molar-refractivity contribution is 0.163. The number of rotatable bonds is 6. The van der Waals surface area contributed by atoms with Gasteiger partial charge in [0, 0.05) is 6.04 Å². The second kappa shape index (κ2) is 6.29. The third-order valence-electron chi connectivity index (χ3n) is 3.61. The van der Waals surface area contributed by atoms with Crippen molar-refractivity contribution >= 4 is 0 Å². The van der Waals surface area contributed by atoms with Gasteiger partial charge in [0.1, 0.15) is 23.0 Å². The summed E-state index contributed by atoms with van der Waals surface area (Å²) in [7, 11) is 2.05. The monoisotopic (exact) mass is 276 g/mol. The zero-order valence-corrected chi connectivity index (χ0v) is 12.7. The number of hydrogen-bond acceptors (Lipinski definition) is 4. The molecule has 2 aromatic heterocycles. The topological polar surface area (TPSA) is 55.5 Å². The molecule has 2 aromatic rings. The van der Waals surface area contributed by atoms with Gasteiger partial charge in [0.05, 0.1) is 12.6 Å². The minimum Gasteiger partial charge on any atom is -0.465 e. The van der Waals surface area contributed by atoms with E-state index in [4.69, 9.17) is 14.6 Å². The van der Waals surface area contributed by atoms with Crippen LogP contribution >= 0.6 is 0 Å². The summed E-state index contributed by atoms with van der Waals surface area (Å²) in [5, 5.41) is 0. The summed E-state index contributed by atoms with van der Waals surface area (Å²) in [6.45, 7) is 6.72. The molecule has 0 saturated heterocycles. The molecule has 2 N–H and O–H groups in total. The second-order valence-corrected chi connectivity index (χ2v) is 5.39. The Morgan fingerprint density at radius 1 is 1.10 bits per heavy atom. The first-order valence-electron chi connectivity index (χ1n) is 7.08. The van der Waals surface area contributed by atoms with Crippen molar-refractivity contribution in [3.63, 3.8) is 0 Å². The standard InChI is InChI=1S/C16H24N2O2/c1-5-14(17)16(15-9-7-12(3)20-15)18(4)10-13-8-6-11(2)19-13/h6-9,14,16H,5,10,17H2,1-4H3. The molecule has 0 bridgehead atoms. The van der Waals surface area contributed by atoms with Gasteiger partial charge in [-0.2, -0.15) is 0 Å². The van der Waals surface area contributed by atoms with E-state index in [1.807, 2.05) is 38.1 Å². The summed E-state index contributed by atoms with van der Waals surface area (Å²) < 4.78 is 11.4. The Bertz CT molecular complexity index is 544. The minimum atomic E-state index is 0.0293. The lowest BCUT2D eigenvalue weighted by atomic mass is 10.0. The van der Waals surface area contributed by atoms with Gasteiger partial charge in [-0.05, 0) is 51.6 Å². The van der Waals surface area contributed by atoms with Crippen molar-refractivity contribution in [2.45, 2.75) is 45.8 Å². The summed E-state index contributed by atoms with van der Waals surface area (Å²) in [5.41, 5.74) is 6.29. The summed E-state index contributed by atoms with van der Waals surface area (Å²) in [5.74, 6) is 3.71. The third-order valence-corrected chi connectivity index (χ3v) is 3.61. The van der Waals surface area contributed by atoms with Crippen molar-refractivity contribution in [1.82, 2.24) is 4.90 Å². The van der Waals surface area contributed by atoms with Gasteiger partial charge in [0.2, 0.25) is 0 Å². The minimum absolute atomic E-state index is 0.0293. The maximum Gasteiger partial charge on any atom is 0.122 e. The molecule has 110 valence electrons. The quantitative estimate of drug-likeness (QED) is 0.878. The molecule has 0 spiro atoms.